The molecule has 0 aliphatic carbocycles. The van der Waals surface area contributed by atoms with E-state index in [0.717, 1.165) is 32.7 Å². The minimum Gasteiger partial charge on any atom is -0.383 e. The van der Waals surface area contributed by atoms with Crippen molar-refractivity contribution in [1.82, 2.24) is 10.3 Å². The third-order valence-corrected chi connectivity index (χ3v) is 5.05. The van der Waals surface area contributed by atoms with Crippen molar-refractivity contribution in [2.24, 2.45) is 0 Å². The number of nitrogens with zero attached hydrogens (tertiary/aromatic N) is 2. The lowest BCUT2D eigenvalue weighted by molar-refractivity contribution is 0.199. The van der Waals surface area contributed by atoms with E-state index in [1.807, 2.05) is 11.3 Å². The highest BCUT2D eigenvalue weighted by atomic mass is 32.1. The van der Waals surface area contributed by atoms with Crippen LogP contribution in [0, 0.1) is 0 Å². The smallest absolute Gasteiger partial charge is 0.186 e. The Morgan fingerprint density at radius 1 is 1.45 bits per heavy atom. The van der Waals surface area contributed by atoms with Gasteiger partial charge in [0.1, 0.15) is 0 Å². The van der Waals surface area contributed by atoms with E-state index in [1.165, 1.54) is 35.0 Å². The van der Waals surface area contributed by atoms with Crippen molar-refractivity contribution in [2.75, 3.05) is 31.7 Å². The van der Waals surface area contributed by atoms with Crippen molar-refractivity contribution in [1.29, 1.82) is 0 Å². The maximum absolute atomic E-state index is 5.07. The summed E-state index contributed by atoms with van der Waals surface area (Å²) in [5.74, 6) is 0. The molecule has 0 radical (unpaired) electrons. The second kappa shape index (κ2) is 7.96. The molecule has 2 rings (SSSR count). The molecule has 0 bridgehead atoms. The zero-order chi connectivity index (χ0) is 14.4. The Kier molecular flexibility index (Phi) is 6.26. The normalized spacial score (nSPS) is 19.6. The van der Waals surface area contributed by atoms with E-state index in [-0.39, 0.29) is 0 Å². The fourth-order valence-corrected chi connectivity index (χ4v) is 3.91. The molecule has 1 aliphatic heterocycles. The standard InChI is InChI=1S/C15H27N3OS/c1-4-13-14(11-16-8-10-19-3)20-15(17-13)18-9-6-5-7-12(18)2/h12,16H,4-11H2,1-3H3. The number of methoxy groups -OCH3 is 1. The predicted octanol–water partition coefficient (Wildman–Crippen LogP) is 2.82. The van der Waals surface area contributed by atoms with Gasteiger partial charge in [-0.15, -0.1) is 11.3 Å². The minimum atomic E-state index is 0.633. The molecule has 4 nitrogen and oxygen atoms in total. The molecule has 0 spiro atoms. The summed E-state index contributed by atoms with van der Waals surface area (Å²) < 4.78 is 5.07. The van der Waals surface area contributed by atoms with Gasteiger partial charge in [-0.2, -0.15) is 0 Å². The maximum Gasteiger partial charge on any atom is 0.186 e. The van der Waals surface area contributed by atoms with Crippen LogP contribution in [0.3, 0.4) is 0 Å². The highest BCUT2D eigenvalue weighted by molar-refractivity contribution is 7.15. The molecule has 1 fully saturated rings. The van der Waals surface area contributed by atoms with Crippen molar-refractivity contribution >= 4 is 16.5 Å². The largest absolute Gasteiger partial charge is 0.383 e. The van der Waals surface area contributed by atoms with Crippen molar-refractivity contribution in [3.05, 3.63) is 10.6 Å². The number of thiazole rings is 1. The first-order valence-electron chi connectivity index (χ1n) is 7.71. The molecule has 0 saturated carbocycles. The van der Waals surface area contributed by atoms with Gasteiger partial charge in [0.2, 0.25) is 0 Å². The van der Waals surface area contributed by atoms with Crippen LogP contribution in [0.5, 0.6) is 0 Å². The summed E-state index contributed by atoms with van der Waals surface area (Å²) in [6.07, 6.45) is 4.96. The number of hydrogen-bond acceptors (Lipinski definition) is 5. The average molecular weight is 297 g/mol. The number of aryl methyl sites for hydroxylation is 1. The Hall–Kier alpha value is -0.650. The van der Waals surface area contributed by atoms with Gasteiger partial charge in [0.25, 0.3) is 0 Å². The molecule has 1 N–H and O–H groups in total. The lowest BCUT2D eigenvalue weighted by Crippen LogP contribution is -2.37. The fourth-order valence-electron chi connectivity index (χ4n) is 2.67. The van der Waals surface area contributed by atoms with Gasteiger partial charge >= 0.3 is 0 Å². The zero-order valence-corrected chi connectivity index (χ0v) is 13.8. The summed E-state index contributed by atoms with van der Waals surface area (Å²) in [7, 11) is 1.74. The van der Waals surface area contributed by atoms with Gasteiger partial charge in [0.05, 0.1) is 12.3 Å². The monoisotopic (exact) mass is 297 g/mol. The Morgan fingerprint density at radius 2 is 2.30 bits per heavy atom. The number of ether oxygens (including phenoxy) is 1. The molecule has 1 unspecified atom stereocenters. The van der Waals surface area contributed by atoms with Crippen LogP contribution < -0.4 is 10.2 Å². The lowest BCUT2D eigenvalue weighted by Gasteiger charge is -2.33. The van der Waals surface area contributed by atoms with Crippen LogP contribution >= 0.6 is 11.3 Å². The molecule has 1 saturated heterocycles. The van der Waals surface area contributed by atoms with Gasteiger partial charge in [-0.1, -0.05) is 6.92 Å². The van der Waals surface area contributed by atoms with Crippen LogP contribution in [0.1, 0.15) is 43.7 Å². The Morgan fingerprint density at radius 3 is 3.00 bits per heavy atom. The van der Waals surface area contributed by atoms with Gasteiger partial charge in [-0.25, -0.2) is 4.98 Å². The van der Waals surface area contributed by atoms with E-state index in [0.29, 0.717) is 6.04 Å². The van der Waals surface area contributed by atoms with E-state index in [4.69, 9.17) is 9.72 Å². The molecule has 1 atom stereocenters. The van der Waals surface area contributed by atoms with Crippen LogP contribution in [-0.4, -0.2) is 37.8 Å². The first-order valence-corrected chi connectivity index (χ1v) is 8.52. The number of nitrogens with one attached hydrogen (secondary N) is 1. The molecule has 2 heterocycles. The number of rotatable bonds is 7. The molecule has 0 aromatic carbocycles. The molecule has 1 aliphatic rings. The number of piperidine rings is 1. The first-order chi connectivity index (χ1) is 9.76. The lowest BCUT2D eigenvalue weighted by atomic mass is 10.1. The van der Waals surface area contributed by atoms with Crippen molar-refractivity contribution in [2.45, 2.75) is 52.1 Å². The molecule has 5 heteroatoms. The Labute approximate surface area is 126 Å². The van der Waals surface area contributed by atoms with Crippen LogP contribution in [-0.2, 0) is 17.7 Å². The highest BCUT2D eigenvalue weighted by Crippen LogP contribution is 2.31. The summed E-state index contributed by atoms with van der Waals surface area (Å²) in [5.41, 5.74) is 1.26. The SMILES string of the molecule is CCc1nc(N2CCCCC2C)sc1CNCCOC. The van der Waals surface area contributed by atoms with Crippen molar-refractivity contribution in [3.8, 4) is 0 Å². The third kappa shape index (κ3) is 3.93. The number of hydrogen-bond donors (Lipinski definition) is 1. The van der Waals surface area contributed by atoms with Crippen LogP contribution in [0.2, 0.25) is 0 Å². The van der Waals surface area contributed by atoms with E-state index in [1.54, 1.807) is 7.11 Å². The van der Waals surface area contributed by atoms with Gasteiger partial charge in [0, 0.05) is 37.7 Å². The Balaban J connectivity index is 2.01. The average Bonchev–Trinajstić information content (AvgIpc) is 2.87. The highest BCUT2D eigenvalue weighted by Gasteiger charge is 2.22. The van der Waals surface area contributed by atoms with Crippen LogP contribution in [0.4, 0.5) is 5.13 Å². The Bertz CT molecular complexity index is 408. The molecular formula is C15H27N3OS. The molecular weight excluding hydrogens is 270 g/mol. The quantitative estimate of drug-likeness (QED) is 0.785. The maximum atomic E-state index is 5.07. The molecule has 20 heavy (non-hydrogen) atoms. The summed E-state index contributed by atoms with van der Waals surface area (Å²) >= 11 is 1.86. The van der Waals surface area contributed by atoms with Crippen molar-refractivity contribution < 1.29 is 4.74 Å². The van der Waals surface area contributed by atoms with Gasteiger partial charge < -0.3 is 15.0 Å². The molecule has 1 aromatic rings. The van der Waals surface area contributed by atoms with Gasteiger partial charge in [-0.3, -0.25) is 0 Å². The topological polar surface area (TPSA) is 37.4 Å². The summed E-state index contributed by atoms with van der Waals surface area (Å²) in [5, 5.41) is 4.65. The predicted molar refractivity (Wildman–Crippen MR) is 85.7 cm³/mol. The number of aromatic nitrogens is 1. The summed E-state index contributed by atoms with van der Waals surface area (Å²) in [4.78, 5) is 8.75. The van der Waals surface area contributed by atoms with Gasteiger partial charge in [-0.05, 0) is 32.6 Å². The van der Waals surface area contributed by atoms with Crippen molar-refractivity contribution in [3.63, 3.8) is 0 Å². The third-order valence-electron chi connectivity index (χ3n) is 3.92. The van der Waals surface area contributed by atoms with E-state index < -0.39 is 0 Å². The van der Waals surface area contributed by atoms with E-state index >= 15 is 0 Å². The molecule has 0 amide bonds. The van der Waals surface area contributed by atoms with Crippen LogP contribution in [0.25, 0.3) is 0 Å². The second-order valence-electron chi connectivity index (χ2n) is 5.43. The van der Waals surface area contributed by atoms with Crippen LogP contribution in [0.15, 0.2) is 0 Å². The van der Waals surface area contributed by atoms with Gasteiger partial charge in [0.15, 0.2) is 5.13 Å². The summed E-state index contributed by atoms with van der Waals surface area (Å²) in [6.45, 7) is 8.24. The summed E-state index contributed by atoms with van der Waals surface area (Å²) in [6, 6.07) is 0.633. The van der Waals surface area contributed by atoms with E-state index in [9.17, 15) is 0 Å². The zero-order valence-electron chi connectivity index (χ0n) is 12.9. The number of anilines is 1. The molecule has 114 valence electrons. The van der Waals surface area contributed by atoms with E-state index in [2.05, 4.69) is 24.1 Å². The molecule has 1 aromatic heterocycles. The minimum absolute atomic E-state index is 0.633. The second-order valence-corrected chi connectivity index (χ2v) is 6.49. The fraction of sp³-hybridized carbons (Fsp3) is 0.800. The first kappa shape index (κ1) is 15.7.